The molecule has 2 heterocycles. The van der Waals surface area contributed by atoms with Crippen LogP contribution in [-0.4, -0.2) is 36.2 Å². The lowest BCUT2D eigenvalue weighted by atomic mass is 9.88. The van der Waals surface area contributed by atoms with Crippen molar-refractivity contribution in [2.24, 2.45) is 0 Å². The lowest BCUT2D eigenvalue weighted by Crippen LogP contribution is -2.56. The van der Waals surface area contributed by atoms with Gasteiger partial charge in [0, 0.05) is 13.1 Å². The Balaban J connectivity index is 1.61. The van der Waals surface area contributed by atoms with Crippen molar-refractivity contribution < 1.29 is 9.53 Å². The Morgan fingerprint density at radius 1 is 1.25 bits per heavy atom. The van der Waals surface area contributed by atoms with Crippen LogP contribution >= 0.6 is 0 Å². The van der Waals surface area contributed by atoms with E-state index in [9.17, 15) is 4.79 Å². The van der Waals surface area contributed by atoms with Gasteiger partial charge in [0.05, 0.1) is 5.54 Å². The number of piperidine rings is 1. The van der Waals surface area contributed by atoms with Gasteiger partial charge >= 0.3 is 6.09 Å². The van der Waals surface area contributed by atoms with E-state index in [1.165, 1.54) is 0 Å². The average molecular weight is 274 g/mol. The maximum Gasteiger partial charge on any atom is 0.410 e. The van der Waals surface area contributed by atoms with Gasteiger partial charge in [-0.2, -0.15) is 0 Å². The molecule has 1 aromatic carbocycles. The first-order chi connectivity index (χ1) is 9.80. The minimum absolute atomic E-state index is 0.00597. The SMILES string of the molecule is O=C(OCc1ccccc1)N1CCC[C@]12CCCNC2. The minimum Gasteiger partial charge on any atom is -0.445 e. The largest absolute Gasteiger partial charge is 0.445 e. The number of rotatable bonds is 2. The van der Waals surface area contributed by atoms with E-state index in [4.69, 9.17) is 4.74 Å². The van der Waals surface area contributed by atoms with Crippen LogP contribution in [-0.2, 0) is 11.3 Å². The molecule has 0 aromatic heterocycles. The fraction of sp³-hybridized carbons (Fsp3) is 0.562. The second-order valence-corrected chi connectivity index (χ2v) is 5.80. The molecule has 0 unspecified atom stereocenters. The molecule has 0 bridgehead atoms. The number of carbonyl (C=O) groups excluding carboxylic acids is 1. The van der Waals surface area contributed by atoms with Crippen molar-refractivity contribution >= 4 is 6.09 Å². The predicted octanol–water partition coefficient (Wildman–Crippen LogP) is 2.54. The molecule has 0 saturated carbocycles. The molecule has 1 amide bonds. The van der Waals surface area contributed by atoms with Gasteiger partial charge in [0.25, 0.3) is 0 Å². The van der Waals surface area contributed by atoms with Crippen LogP contribution < -0.4 is 5.32 Å². The van der Waals surface area contributed by atoms with E-state index < -0.39 is 0 Å². The molecule has 1 aromatic rings. The zero-order valence-corrected chi connectivity index (χ0v) is 11.8. The molecular weight excluding hydrogens is 252 g/mol. The van der Waals surface area contributed by atoms with E-state index in [1.54, 1.807) is 0 Å². The molecule has 2 fully saturated rings. The third-order valence-electron chi connectivity index (χ3n) is 4.47. The number of hydrogen-bond acceptors (Lipinski definition) is 3. The zero-order chi connectivity index (χ0) is 13.8. The van der Waals surface area contributed by atoms with Gasteiger partial charge in [-0.3, -0.25) is 0 Å². The van der Waals surface area contributed by atoms with E-state index in [1.807, 2.05) is 35.2 Å². The second kappa shape index (κ2) is 5.83. The van der Waals surface area contributed by atoms with Crippen molar-refractivity contribution in [3.8, 4) is 0 Å². The van der Waals surface area contributed by atoms with E-state index in [0.29, 0.717) is 6.61 Å². The summed E-state index contributed by atoms with van der Waals surface area (Å²) in [6.07, 6.45) is 4.26. The summed E-state index contributed by atoms with van der Waals surface area (Å²) in [5, 5.41) is 3.43. The first-order valence-corrected chi connectivity index (χ1v) is 7.49. The Kier molecular flexibility index (Phi) is 3.92. The first kappa shape index (κ1) is 13.4. The van der Waals surface area contributed by atoms with Crippen molar-refractivity contribution in [1.29, 1.82) is 0 Å². The number of benzene rings is 1. The molecule has 20 heavy (non-hydrogen) atoms. The molecule has 1 atom stereocenters. The van der Waals surface area contributed by atoms with Gasteiger partial charge in [-0.25, -0.2) is 4.79 Å². The monoisotopic (exact) mass is 274 g/mol. The molecule has 1 spiro atoms. The molecule has 3 rings (SSSR count). The molecule has 0 aliphatic carbocycles. The van der Waals surface area contributed by atoms with Crippen molar-refractivity contribution in [3.63, 3.8) is 0 Å². The van der Waals surface area contributed by atoms with Crippen molar-refractivity contribution in [1.82, 2.24) is 10.2 Å². The summed E-state index contributed by atoms with van der Waals surface area (Å²) in [5.41, 5.74) is 1.04. The summed E-state index contributed by atoms with van der Waals surface area (Å²) in [4.78, 5) is 14.3. The molecule has 4 nitrogen and oxygen atoms in total. The molecule has 4 heteroatoms. The highest BCUT2D eigenvalue weighted by Crippen LogP contribution is 2.35. The number of carbonyl (C=O) groups is 1. The number of hydrogen-bond donors (Lipinski definition) is 1. The Hall–Kier alpha value is -1.55. The third-order valence-corrected chi connectivity index (χ3v) is 4.47. The van der Waals surface area contributed by atoms with Crippen LogP contribution in [0.3, 0.4) is 0 Å². The summed E-state index contributed by atoms with van der Waals surface area (Å²) < 4.78 is 5.50. The quantitative estimate of drug-likeness (QED) is 0.901. The smallest absolute Gasteiger partial charge is 0.410 e. The Morgan fingerprint density at radius 2 is 2.05 bits per heavy atom. The molecular formula is C16H22N2O2. The van der Waals surface area contributed by atoms with Gasteiger partial charge in [0.1, 0.15) is 6.61 Å². The van der Waals surface area contributed by atoms with Crippen LogP contribution in [0.25, 0.3) is 0 Å². The highest BCUT2D eigenvalue weighted by atomic mass is 16.6. The topological polar surface area (TPSA) is 41.6 Å². The number of ether oxygens (including phenoxy) is 1. The van der Waals surface area contributed by atoms with Gasteiger partial charge in [-0.15, -0.1) is 0 Å². The Bertz CT molecular complexity index is 455. The second-order valence-electron chi connectivity index (χ2n) is 5.80. The van der Waals surface area contributed by atoms with Gasteiger partial charge in [-0.05, 0) is 37.8 Å². The lowest BCUT2D eigenvalue weighted by molar-refractivity contribution is 0.0547. The van der Waals surface area contributed by atoms with Crippen molar-refractivity contribution in [3.05, 3.63) is 35.9 Å². The molecule has 2 aliphatic rings. The molecule has 2 aliphatic heterocycles. The fourth-order valence-corrected chi connectivity index (χ4v) is 3.42. The van der Waals surface area contributed by atoms with Crippen LogP contribution in [0.1, 0.15) is 31.2 Å². The van der Waals surface area contributed by atoms with Crippen molar-refractivity contribution in [2.45, 2.75) is 37.8 Å². The van der Waals surface area contributed by atoms with Crippen molar-refractivity contribution in [2.75, 3.05) is 19.6 Å². The first-order valence-electron chi connectivity index (χ1n) is 7.49. The number of nitrogens with zero attached hydrogens (tertiary/aromatic N) is 1. The van der Waals surface area contributed by atoms with Crippen LogP contribution in [0, 0.1) is 0 Å². The van der Waals surface area contributed by atoms with Crippen LogP contribution in [0.4, 0.5) is 4.79 Å². The normalized spacial score (nSPS) is 25.9. The highest BCUT2D eigenvalue weighted by molar-refractivity contribution is 5.69. The van der Waals surface area contributed by atoms with E-state index in [-0.39, 0.29) is 11.6 Å². The van der Waals surface area contributed by atoms with E-state index in [2.05, 4.69) is 5.32 Å². The Morgan fingerprint density at radius 3 is 2.80 bits per heavy atom. The highest BCUT2D eigenvalue weighted by Gasteiger charge is 2.44. The molecule has 108 valence electrons. The van der Waals surface area contributed by atoms with Crippen LogP contribution in [0.5, 0.6) is 0 Å². The number of likely N-dealkylation sites (tertiary alicyclic amines) is 1. The van der Waals surface area contributed by atoms with Crippen LogP contribution in [0.2, 0.25) is 0 Å². The Labute approximate surface area is 120 Å². The van der Waals surface area contributed by atoms with Crippen LogP contribution in [0.15, 0.2) is 30.3 Å². The zero-order valence-electron chi connectivity index (χ0n) is 11.8. The van der Waals surface area contributed by atoms with Gasteiger partial charge in [0.15, 0.2) is 0 Å². The average Bonchev–Trinajstić information content (AvgIpc) is 2.90. The fourth-order valence-electron chi connectivity index (χ4n) is 3.42. The minimum atomic E-state index is -0.157. The number of amides is 1. The lowest BCUT2D eigenvalue weighted by Gasteiger charge is -2.41. The number of nitrogens with one attached hydrogen (secondary N) is 1. The molecule has 1 N–H and O–H groups in total. The van der Waals surface area contributed by atoms with Gasteiger partial charge < -0.3 is 15.0 Å². The maximum atomic E-state index is 12.4. The summed E-state index contributed by atoms with van der Waals surface area (Å²) in [5.74, 6) is 0. The molecule has 2 saturated heterocycles. The summed E-state index contributed by atoms with van der Waals surface area (Å²) in [6, 6.07) is 9.86. The summed E-state index contributed by atoms with van der Waals surface area (Å²) in [7, 11) is 0. The maximum absolute atomic E-state index is 12.4. The van der Waals surface area contributed by atoms with Gasteiger partial charge in [0.2, 0.25) is 0 Å². The third kappa shape index (κ3) is 2.66. The predicted molar refractivity (Wildman–Crippen MR) is 77.4 cm³/mol. The van der Waals surface area contributed by atoms with Gasteiger partial charge in [-0.1, -0.05) is 30.3 Å². The molecule has 0 radical (unpaired) electrons. The standard InChI is InChI=1S/C16H22N2O2/c19-15(20-12-14-6-2-1-3-7-14)18-11-5-9-16(18)8-4-10-17-13-16/h1-3,6-7,17H,4-5,8-13H2/t16-/m0/s1. The summed E-state index contributed by atoms with van der Waals surface area (Å²) in [6.45, 7) is 3.16. The van der Waals surface area contributed by atoms with E-state index >= 15 is 0 Å². The summed E-state index contributed by atoms with van der Waals surface area (Å²) >= 11 is 0. The van der Waals surface area contributed by atoms with E-state index in [0.717, 1.165) is 50.9 Å².